The second-order valence-corrected chi connectivity index (χ2v) is 6.15. The van der Waals surface area contributed by atoms with E-state index in [0.717, 1.165) is 18.1 Å². The first-order valence-electron chi connectivity index (χ1n) is 6.26. The molecule has 1 saturated heterocycles. The number of hydrogen-bond donors (Lipinski definition) is 2. The minimum atomic E-state index is -0.885. The summed E-state index contributed by atoms with van der Waals surface area (Å²) in [6.07, 6.45) is 0.494. The molecule has 2 N–H and O–H groups in total. The van der Waals surface area contributed by atoms with Gasteiger partial charge in [-0.15, -0.1) is 0 Å². The molecule has 2 amide bonds. The first kappa shape index (κ1) is 15.1. The molecule has 5 nitrogen and oxygen atoms in total. The molecule has 0 saturated carbocycles. The van der Waals surface area contributed by atoms with Gasteiger partial charge in [-0.25, -0.2) is 4.79 Å². The Kier molecular flexibility index (Phi) is 5.31. The largest absolute Gasteiger partial charge is 0.481 e. The number of carboxylic acid groups (broad SMARTS) is 1. The minimum absolute atomic E-state index is 0.149. The molecule has 0 radical (unpaired) electrons. The van der Waals surface area contributed by atoms with Crippen LogP contribution >= 0.6 is 11.8 Å². The van der Waals surface area contributed by atoms with Gasteiger partial charge in [0.2, 0.25) is 0 Å². The van der Waals surface area contributed by atoms with Crippen molar-refractivity contribution in [1.29, 1.82) is 0 Å². The maximum Gasteiger partial charge on any atom is 0.317 e. The molecule has 1 fully saturated rings. The Hall–Kier alpha value is -0.910. The molecule has 6 heteroatoms. The molecule has 18 heavy (non-hydrogen) atoms. The van der Waals surface area contributed by atoms with Crippen LogP contribution in [-0.4, -0.2) is 52.6 Å². The van der Waals surface area contributed by atoms with E-state index in [2.05, 4.69) is 5.32 Å². The lowest BCUT2D eigenvalue weighted by Crippen LogP contribution is -2.52. The lowest BCUT2D eigenvalue weighted by molar-refractivity contribution is -0.147. The van der Waals surface area contributed by atoms with E-state index in [4.69, 9.17) is 5.11 Å². The van der Waals surface area contributed by atoms with Gasteiger partial charge in [-0.2, -0.15) is 11.8 Å². The van der Waals surface area contributed by atoms with E-state index in [1.54, 1.807) is 11.8 Å². The highest BCUT2D eigenvalue weighted by Gasteiger charge is 2.32. The summed E-state index contributed by atoms with van der Waals surface area (Å²) in [6.45, 7) is 6.40. The normalized spacial score (nSPS) is 23.3. The molecular weight excluding hydrogens is 252 g/mol. The summed E-state index contributed by atoms with van der Waals surface area (Å²) >= 11 is 1.84. The Balaban J connectivity index is 2.52. The number of thioether (sulfide) groups is 1. The molecule has 104 valence electrons. The van der Waals surface area contributed by atoms with E-state index in [-0.39, 0.29) is 18.6 Å². The summed E-state index contributed by atoms with van der Waals surface area (Å²) in [7, 11) is 0. The molecule has 0 aromatic rings. The van der Waals surface area contributed by atoms with E-state index in [1.165, 1.54) is 0 Å². The van der Waals surface area contributed by atoms with Crippen molar-refractivity contribution in [2.75, 3.05) is 24.6 Å². The lowest BCUT2D eigenvalue weighted by atomic mass is 9.88. The third-order valence-corrected chi connectivity index (χ3v) is 4.74. The fourth-order valence-corrected chi connectivity index (χ4v) is 2.77. The number of carbonyl (C=O) groups is 2. The summed E-state index contributed by atoms with van der Waals surface area (Å²) in [5.74, 6) is 1.02. The highest BCUT2D eigenvalue weighted by molar-refractivity contribution is 7.99. The third-order valence-electron chi connectivity index (χ3n) is 3.55. The average Bonchev–Trinajstić information content (AvgIpc) is 2.35. The predicted octanol–water partition coefficient (Wildman–Crippen LogP) is 1.63. The molecule has 0 bridgehead atoms. The minimum Gasteiger partial charge on any atom is -0.481 e. The molecule has 0 aromatic carbocycles. The van der Waals surface area contributed by atoms with Crippen LogP contribution in [0.3, 0.4) is 0 Å². The van der Waals surface area contributed by atoms with E-state index in [0.29, 0.717) is 6.42 Å². The zero-order chi connectivity index (χ0) is 13.8. The monoisotopic (exact) mass is 274 g/mol. The van der Waals surface area contributed by atoms with Crippen molar-refractivity contribution in [3.8, 4) is 0 Å². The van der Waals surface area contributed by atoms with Crippen molar-refractivity contribution in [2.24, 2.45) is 5.41 Å². The number of urea groups is 1. The average molecular weight is 274 g/mol. The second-order valence-electron chi connectivity index (χ2n) is 5.00. The topological polar surface area (TPSA) is 69.6 Å². The Morgan fingerprint density at radius 1 is 1.56 bits per heavy atom. The van der Waals surface area contributed by atoms with Gasteiger partial charge in [0.25, 0.3) is 0 Å². The Labute approximate surface area is 112 Å². The van der Waals surface area contributed by atoms with Crippen LogP contribution in [0.2, 0.25) is 0 Å². The van der Waals surface area contributed by atoms with E-state index < -0.39 is 11.4 Å². The Bertz CT molecular complexity index is 324. The number of carboxylic acids is 1. The van der Waals surface area contributed by atoms with Crippen molar-refractivity contribution < 1.29 is 14.7 Å². The Morgan fingerprint density at radius 2 is 2.22 bits per heavy atom. The quantitative estimate of drug-likeness (QED) is 0.817. The number of carbonyl (C=O) groups excluding carboxylic acids is 1. The van der Waals surface area contributed by atoms with Gasteiger partial charge in [0.1, 0.15) is 0 Å². The van der Waals surface area contributed by atoms with Crippen LogP contribution in [0.4, 0.5) is 4.79 Å². The third kappa shape index (κ3) is 3.54. The van der Waals surface area contributed by atoms with Crippen LogP contribution in [0, 0.1) is 5.41 Å². The van der Waals surface area contributed by atoms with E-state index >= 15 is 0 Å². The van der Waals surface area contributed by atoms with Gasteiger partial charge in [-0.3, -0.25) is 4.79 Å². The van der Waals surface area contributed by atoms with Gasteiger partial charge in [-0.05, 0) is 20.3 Å². The number of nitrogens with zero attached hydrogens (tertiary/aromatic N) is 1. The molecular formula is C12H22N2O3S. The van der Waals surface area contributed by atoms with Crippen molar-refractivity contribution >= 4 is 23.8 Å². The molecule has 0 aromatic heterocycles. The first-order valence-corrected chi connectivity index (χ1v) is 7.42. The predicted molar refractivity (Wildman–Crippen MR) is 72.9 cm³/mol. The number of rotatable bonds is 4. The number of amides is 2. The lowest BCUT2D eigenvalue weighted by Gasteiger charge is -2.34. The van der Waals surface area contributed by atoms with Gasteiger partial charge in [0, 0.05) is 30.6 Å². The van der Waals surface area contributed by atoms with Crippen molar-refractivity contribution in [2.45, 2.75) is 33.2 Å². The fourth-order valence-electron chi connectivity index (χ4n) is 1.75. The van der Waals surface area contributed by atoms with Crippen LogP contribution in [0.15, 0.2) is 0 Å². The zero-order valence-electron chi connectivity index (χ0n) is 11.2. The summed E-state index contributed by atoms with van der Waals surface area (Å²) in [5, 5.41) is 11.9. The highest BCUT2D eigenvalue weighted by Crippen LogP contribution is 2.21. The molecule has 1 heterocycles. The molecule has 2 unspecified atom stereocenters. The van der Waals surface area contributed by atoms with Gasteiger partial charge >= 0.3 is 12.0 Å². The molecule has 1 aliphatic heterocycles. The smallest absolute Gasteiger partial charge is 0.317 e. The maximum absolute atomic E-state index is 12.0. The Morgan fingerprint density at radius 3 is 2.72 bits per heavy atom. The highest BCUT2D eigenvalue weighted by atomic mass is 32.2. The van der Waals surface area contributed by atoms with Gasteiger partial charge in [-0.1, -0.05) is 6.92 Å². The number of nitrogens with one attached hydrogen (secondary N) is 1. The molecule has 2 atom stereocenters. The van der Waals surface area contributed by atoms with Gasteiger partial charge in [0.15, 0.2) is 0 Å². The van der Waals surface area contributed by atoms with E-state index in [9.17, 15) is 9.59 Å². The molecule has 1 aliphatic rings. The van der Waals surface area contributed by atoms with Crippen LogP contribution in [0.25, 0.3) is 0 Å². The number of aliphatic carboxylic acids is 1. The SMILES string of the molecule is CCC(C)(CNC(=O)N1CCSCC1C)C(=O)O. The second kappa shape index (κ2) is 6.31. The van der Waals surface area contributed by atoms with E-state index in [1.807, 2.05) is 25.6 Å². The molecule has 0 aliphatic carbocycles. The maximum atomic E-state index is 12.0. The van der Waals surface area contributed by atoms with Crippen LogP contribution in [0.1, 0.15) is 27.2 Å². The standard InChI is InChI=1S/C12H22N2O3S/c1-4-12(3,10(15)16)8-13-11(17)14-5-6-18-7-9(14)2/h9H,4-8H2,1-3H3,(H,13,17)(H,15,16). The molecule has 1 rings (SSSR count). The van der Waals surface area contributed by atoms with Crippen LogP contribution in [0.5, 0.6) is 0 Å². The summed E-state index contributed by atoms with van der Waals surface area (Å²) in [4.78, 5) is 24.9. The van der Waals surface area contributed by atoms with Gasteiger partial charge < -0.3 is 15.3 Å². The van der Waals surface area contributed by atoms with Crippen LogP contribution in [-0.2, 0) is 4.79 Å². The number of hydrogen-bond acceptors (Lipinski definition) is 3. The van der Waals surface area contributed by atoms with Crippen LogP contribution < -0.4 is 5.32 Å². The fraction of sp³-hybridized carbons (Fsp3) is 0.833. The summed E-state index contributed by atoms with van der Waals surface area (Å²) in [6, 6.07) is 0.0604. The van der Waals surface area contributed by atoms with Crippen molar-refractivity contribution in [1.82, 2.24) is 10.2 Å². The van der Waals surface area contributed by atoms with Crippen molar-refractivity contribution in [3.63, 3.8) is 0 Å². The summed E-state index contributed by atoms with van der Waals surface area (Å²) < 4.78 is 0. The van der Waals surface area contributed by atoms with Gasteiger partial charge in [0.05, 0.1) is 5.41 Å². The van der Waals surface area contributed by atoms with Crippen molar-refractivity contribution in [3.05, 3.63) is 0 Å². The summed E-state index contributed by atoms with van der Waals surface area (Å²) in [5.41, 5.74) is -0.885. The first-order chi connectivity index (χ1) is 8.40. The zero-order valence-corrected chi connectivity index (χ0v) is 12.0. The molecule has 0 spiro atoms.